The third-order valence-corrected chi connectivity index (χ3v) is 7.97. The van der Waals surface area contributed by atoms with Crippen LogP contribution in [0, 0.1) is 0 Å². The van der Waals surface area contributed by atoms with Gasteiger partial charge in [-0.1, -0.05) is 0 Å². The van der Waals surface area contributed by atoms with E-state index in [2.05, 4.69) is 34.1 Å². The predicted octanol–water partition coefficient (Wildman–Crippen LogP) is 6.11. The summed E-state index contributed by atoms with van der Waals surface area (Å²) in [6, 6.07) is 21.5. The van der Waals surface area contributed by atoms with Crippen molar-refractivity contribution in [1.82, 2.24) is 15.0 Å². The topological polar surface area (TPSA) is 101 Å². The maximum atomic E-state index is 12.0. The molecule has 2 saturated heterocycles. The molecule has 1 aromatic heterocycles. The molecule has 4 aromatic rings. The van der Waals surface area contributed by atoms with Crippen molar-refractivity contribution in [3.05, 3.63) is 66.7 Å². The van der Waals surface area contributed by atoms with E-state index < -0.39 is 12.1 Å². The van der Waals surface area contributed by atoms with Gasteiger partial charge in [0.15, 0.2) is 23.6 Å². The third-order valence-electron chi connectivity index (χ3n) is 7.97. The highest BCUT2D eigenvalue weighted by atomic mass is 16.6. The van der Waals surface area contributed by atoms with Crippen molar-refractivity contribution in [3.8, 4) is 45.7 Å². The minimum absolute atomic E-state index is 0.0644. The molecule has 0 amide bonds. The van der Waals surface area contributed by atoms with Crippen LogP contribution in [0.1, 0.15) is 39.5 Å². The standard InChI is InChI=1S/C34H37N5O4/c1-3-42-34(41)23(2)43-28-16-17-29(30(40)22-28)33-36-31(24-8-12-26(13-9-24)38-18-4-5-19-38)35-32(37-33)25-10-14-27(15-11-25)39-20-6-7-21-39/h8-17,22-23,40H,3-7,18-21H2,1-2H3. The molecule has 1 unspecified atom stereocenters. The van der Waals surface area contributed by atoms with Crippen LogP contribution in [0.4, 0.5) is 11.4 Å². The van der Waals surface area contributed by atoms with Crippen molar-refractivity contribution < 1.29 is 19.4 Å². The number of aromatic hydroxyl groups is 1. The normalized spacial score (nSPS) is 15.5. The number of phenolic OH excluding ortho intramolecular Hbond substituents is 1. The van der Waals surface area contributed by atoms with Crippen molar-refractivity contribution in [1.29, 1.82) is 0 Å². The lowest BCUT2D eigenvalue weighted by molar-refractivity contribution is -0.150. The van der Waals surface area contributed by atoms with Gasteiger partial charge in [-0.15, -0.1) is 0 Å². The fourth-order valence-corrected chi connectivity index (χ4v) is 5.63. The number of hydrogen-bond acceptors (Lipinski definition) is 9. The lowest BCUT2D eigenvalue weighted by atomic mass is 10.1. The Bertz CT molecular complexity index is 1490. The van der Waals surface area contributed by atoms with E-state index in [1.165, 1.54) is 43.1 Å². The average molecular weight is 580 g/mol. The van der Waals surface area contributed by atoms with Gasteiger partial charge in [-0.3, -0.25) is 0 Å². The highest BCUT2D eigenvalue weighted by molar-refractivity contribution is 5.75. The molecule has 9 heteroatoms. The molecule has 0 radical (unpaired) electrons. The zero-order valence-corrected chi connectivity index (χ0v) is 24.7. The van der Waals surface area contributed by atoms with Crippen LogP contribution in [0.2, 0.25) is 0 Å². The average Bonchev–Trinajstić information content (AvgIpc) is 3.77. The van der Waals surface area contributed by atoms with Crippen molar-refractivity contribution in [2.45, 2.75) is 45.6 Å². The summed E-state index contributed by atoms with van der Waals surface area (Å²) in [6.45, 7) is 7.91. The van der Waals surface area contributed by atoms with Gasteiger partial charge < -0.3 is 24.4 Å². The molecule has 1 atom stereocenters. The second-order valence-corrected chi connectivity index (χ2v) is 11.0. The van der Waals surface area contributed by atoms with E-state index in [9.17, 15) is 9.90 Å². The van der Waals surface area contributed by atoms with Gasteiger partial charge in [-0.2, -0.15) is 0 Å². The first-order valence-corrected chi connectivity index (χ1v) is 15.1. The Morgan fingerprint density at radius 2 is 1.26 bits per heavy atom. The predicted molar refractivity (Wildman–Crippen MR) is 167 cm³/mol. The fraction of sp³-hybridized carbons (Fsp3) is 0.353. The van der Waals surface area contributed by atoms with Gasteiger partial charge in [0.05, 0.1) is 12.2 Å². The largest absolute Gasteiger partial charge is 0.507 e. The molecule has 43 heavy (non-hydrogen) atoms. The number of carbonyl (C=O) groups is 1. The van der Waals surface area contributed by atoms with Crippen LogP contribution in [0.15, 0.2) is 66.7 Å². The molecule has 2 aliphatic rings. The summed E-state index contributed by atoms with van der Waals surface area (Å²) < 4.78 is 10.7. The van der Waals surface area contributed by atoms with Crippen LogP contribution in [0.3, 0.4) is 0 Å². The quantitative estimate of drug-likeness (QED) is 0.235. The Balaban J connectivity index is 1.34. The van der Waals surface area contributed by atoms with Gasteiger partial charge in [0, 0.05) is 54.7 Å². The summed E-state index contributed by atoms with van der Waals surface area (Å²) in [4.78, 5) is 31.2. The number of carbonyl (C=O) groups excluding carboxylic acids is 1. The summed E-state index contributed by atoms with van der Waals surface area (Å²) >= 11 is 0. The molecule has 1 N–H and O–H groups in total. The minimum Gasteiger partial charge on any atom is -0.507 e. The molecule has 2 aliphatic heterocycles. The first-order chi connectivity index (χ1) is 21.0. The number of phenols is 1. The second kappa shape index (κ2) is 12.7. The minimum atomic E-state index is -0.812. The Kier molecular flexibility index (Phi) is 8.40. The first-order valence-electron chi connectivity index (χ1n) is 15.1. The van der Waals surface area contributed by atoms with Gasteiger partial charge in [0.1, 0.15) is 11.5 Å². The number of nitrogens with zero attached hydrogens (tertiary/aromatic N) is 5. The molecule has 3 heterocycles. The van der Waals surface area contributed by atoms with Crippen LogP contribution in [0.25, 0.3) is 34.2 Å². The smallest absolute Gasteiger partial charge is 0.347 e. The van der Waals surface area contributed by atoms with Crippen LogP contribution < -0.4 is 14.5 Å². The zero-order valence-electron chi connectivity index (χ0n) is 24.7. The molecule has 2 fully saturated rings. The van der Waals surface area contributed by atoms with E-state index >= 15 is 0 Å². The maximum Gasteiger partial charge on any atom is 0.347 e. The number of aromatic nitrogens is 3. The number of rotatable bonds is 9. The molecule has 6 rings (SSSR count). The lowest BCUT2D eigenvalue weighted by Gasteiger charge is -2.18. The first kappa shape index (κ1) is 28.5. The van der Waals surface area contributed by atoms with Crippen molar-refractivity contribution in [2.24, 2.45) is 0 Å². The van der Waals surface area contributed by atoms with Gasteiger partial charge in [-0.25, -0.2) is 19.7 Å². The Labute approximate surface area is 252 Å². The molecular weight excluding hydrogens is 542 g/mol. The summed E-state index contributed by atoms with van der Waals surface area (Å²) in [5, 5.41) is 11.0. The van der Waals surface area contributed by atoms with E-state index in [4.69, 9.17) is 24.4 Å². The SMILES string of the molecule is CCOC(=O)C(C)Oc1ccc(-c2nc(-c3ccc(N4CCCC4)cc3)nc(-c3ccc(N4CCCC4)cc3)n2)c(O)c1. The van der Waals surface area contributed by atoms with Gasteiger partial charge in [0.25, 0.3) is 0 Å². The fourth-order valence-electron chi connectivity index (χ4n) is 5.63. The lowest BCUT2D eigenvalue weighted by Crippen LogP contribution is -2.26. The maximum absolute atomic E-state index is 12.0. The number of ether oxygens (including phenoxy) is 2. The summed E-state index contributed by atoms with van der Waals surface area (Å²) in [5.41, 5.74) is 4.55. The summed E-state index contributed by atoms with van der Waals surface area (Å²) in [7, 11) is 0. The Hall–Kier alpha value is -4.66. The van der Waals surface area contributed by atoms with Crippen LogP contribution in [-0.2, 0) is 9.53 Å². The van der Waals surface area contributed by atoms with Gasteiger partial charge >= 0.3 is 5.97 Å². The van der Waals surface area contributed by atoms with E-state index in [-0.39, 0.29) is 12.4 Å². The van der Waals surface area contributed by atoms with E-state index in [0.29, 0.717) is 28.8 Å². The van der Waals surface area contributed by atoms with Crippen molar-refractivity contribution in [3.63, 3.8) is 0 Å². The van der Waals surface area contributed by atoms with Gasteiger partial charge in [0.2, 0.25) is 0 Å². The van der Waals surface area contributed by atoms with E-state index in [1.54, 1.807) is 26.0 Å². The molecular formula is C34H37N5O4. The zero-order chi connectivity index (χ0) is 29.8. The Morgan fingerprint density at radius 3 is 1.72 bits per heavy atom. The monoisotopic (exact) mass is 579 g/mol. The molecule has 0 aliphatic carbocycles. The molecule has 0 spiro atoms. The third kappa shape index (κ3) is 6.40. The van der Waals surface area contributed by atoms with Crippen LogP contribution >= 0.6 is 0 Å². The number of benzene rings is 3. The number of esters is 1. The molecule has 0 bridgehead atoms. The number of anilines is 2. The summed E-state index contributed by atoms with van der Waals surface area (Å²) in [5.74, 6) is 1.19. The second-order valence-electron chi connectivity index (χ2n) is 11.0. The molecule has 222 valence electrons. The van der Waals surface area contributed by atoms with E-state index in [0.717, 1.165) is 37.3 Å². The van der Waals surface area contributed by atoms with Gasteiger partial charge in [-0.05, 0) is 100 Å². The van der Waals surface area contributed by atoms with Crippen LogP contribution in [-0.4, -0.2) is 64.9 Å². The van der Waals surface area contributed by atoms with Crippen LogP contribution in [0.5, 0.6) is 11.5 Å². The summed E-state index contributed by atoms with van der Waals surface area (Å²) in [6.07, 6.45) is 4.05. The highest BCUT2D eigenvalue weighted by Crippen LogP contribution is 2.34. The molecule has 0 saturated carbocycles. The molecule has 3 aromatic carbocycles. The van der Waals surface area contributed by atoms with Crippen molar-refractivity contribution >= 4 is 17.3 Å². The number of hydrogen-bond donors (Lipinski definition) is 1. The van der Waals surface area contributed by atoms with E-state index in [1.807, 2.05) is 24.3 Å². The highest BCUT2D eigenvalue weighted by Gasteiger charge is 2.20. The van der Waals surface area contributed by atoms with Crippen molar-refractivity contribution in [2.75, 3.05) is 42.6 Å². The molecule has 9 nitrogen and oxygen atoms in total. The Morgan fingerprint density at radius 1 is 0.767 bits per heavy atom.